The first kappa shape index (κ1) is 16.4. The molecule has 8 heteroatoms. The quantitative estimate of drug-likeness (QED) is 0.510. The summed E-state index contributed by atoms with van der Waals surface area (Å²) in [5, 5.41) is 16.1. The molecule has 0 aliphatic heterocycles. The zero-order chi connectivity index (χ0) is 16.8. The molecule has 0 atom stereocenters. The van der Waals surface area contributed by atoms with Gasteiger partial charge in [-0.1, -0.05) is 35.9 Å². The fraction of sp³-hybridized carbons (Fsp3) is 0.0667. The lowest BCUT2D eigenvalue weighted by atomic mass is 10.2. The van der Waals surface area contributed by atoms with Crippen LogP contribution in [-0.4, -0.2) is 16.7 Å². The van der Waals surface area contributed by atoms with E-state index in [4.69, 9.17) is 11.6 Å². The highest BCUT2D eigenvalue weighted by molar-refractivity contribution is 6.39. The van der Waals surface area contributed by atoms with Crippen LogP contribution in [0.15, 0.2) is 48.5 Å². The van der Waals surface area contributed by atoms with Gasteiger partial charge >= 0.3 is 11.8 Å². The van der Waals surface area contributed by atoms with Crippen molar-refractivity contribution >= 4 is 34.8 Å². The molecule has 2 aromatic rings. The van der Waals surface area contributed by atoms with E-state index >= 15 is 0 Å². The van der Waals surface area contributed by atoms with Gasteiger partial charge in [-0.3, -0.25) is 19.7 Å². The molecule has 2 aromatic carbocycles. The van der Waals surface area contributed by atoms with Gasteiger partial charge in [0.1, 0.15) is 5.69 Å². The van der Waals surface area contributed by atoms with E-state index in [9.17, 15) is 19.7 Å². The maximum atomic E-state index is 11.8. The van der Waals surface area contributed by atoms with Crippen molar-refractivity contribution in [3.63, 3.8) is 0 Å². The molecule has 0 heterocycles. The average Bonchev–Trinajstić information content (AvgIpc) is 2.54. The molecule has 7 nitrogen and oxygen atoms in total. The van der Waals surface area contributed by atoms with Crippen LogP contribution < -0.4 is 10.6 Å². The third-order valence-electron chi connectivity index (χ3n) is 2.92. The summed E-state index contributed by atoms with van der Waals surface area (Å²) in [5.74, 6) is -1.87. The number of carbonyl (C=O) groups is 2. The van der Waals surface area contributed by atoms with E-state index in [1.54, 1.807) is 24.3 Å². The van der Waals surface area contributed by atoms with Crippen LogP contribution in [0.4, 0.5) is 11.4 Å². The van der Waals surface area contributed by atoms with E-state index < -0.39 is 16.7 Å². The predicted molar refractivity (Wildman–Crippen MR) is 85.0 cm³/mol. The second-order valence-electron chi connectivity index (χ2n) is 4.54. The van der Waals surface area contributed by atoms with E-state index in [-0.39, 0.29) is 17.9 Å². The van der Waals surface area contributed by atoms with Gasteiger partial charge in [-0.2, -0.15) is 0 Å². The molecule has 0 aromatic heterocycles. The minimum Gasteiger partial charge on any atom is -0.344 e. The minimum absolute atomic E-state index is 0.0378. The number of halogens is 1. The lowest BCUT2D eigenvalue weighted by molar-refractivity contribution is -0.383. The Kier molecular flexibility index (Phi) is 5.27. The van der Waals surface area contributed by atoms with Crippen molar-refractivity contribution in [1.29, 1.82) is 0 Å². The lowest BCUT2D eigenvalue weighted by Gasteiger charge is -2.07. The van der Waals surface area contributed by atoms with Crippen molar-refractivity contribution in [2.45, 2.75) is 6.54 Å². The van der Waals surface area contributed by atoms with Crippen LogP contribution in [0.25, 0.3) is 0 Å². The number of carbonyl (C=O) groups excluding carboxylic acids is 2. The lowest BCUT2D eigenvalue weighted by Crippen LogP contribution is -2.35. The molecule has 2 N–H and O–H groups in total. The summed E-state index contributed by atoms with van der Waals surface area (Å²) in [6.07, 6.45) is 0. The highest BCUT2D eigenvalue weighted by Crippen LogP contribution is 2.22. The average molecular weight is 334 g/mol. The van der Waals surface area contributed by atoms with E-state index in [1.807, 2.05) is 0 Å². The molecule has 2 amide bonds. The maximum Gasteiger partial charge on any atom is 0.313 e. The topological polar surface area (TPSA) is 101 Å². The Morgan fingerprint density at radius 2 is 1.70 bits per heavy atom. The highest BCUT2D eigenvalue weighted by Gasteiger charge is 2.19. The van der Waals surface area contributed by atoms with Crippen LogP contribution in [0.1, 0.15) is 5.56 Å². The third-order valence-corrected chi connectivity index (χ3v) is 3.17. The summed E-state index contributed by atoms with van der Waals surface area (Å²) in [4.78, 5) is 33.8. The van der Waals surface area contributed by atoms with Gasteiger partial charge in [-0.15, -0.1) is 0 Å². The number of nitro groups is 1. The maximum absolute atomic E-state index is 11.8. The Morgan fingerprint density at radius 1 is 1.04 bits per heavy atom. The normalized spacial score (nSPS) is 9.96. The van der Waals surface area contributed by atoms with Crippen LogP contribution in [0.2, 0.25) is 5.02 Å². The number of amides is 2. The van der Waals surface area contributed by atoms with Crippen LogP contribution >= 0.6 is 11.6 Å². The number of nitrogens with zero attached hydrogens (tertiary/aromatic N) is 1. The largest absolute Gasteiger partial charge is 0.344 e. The van der Waals surface area contributed by atoms with Gasteiger partial charge in [-0.05, 0) is 23.8 Å². The van der Waals surface area contributed by atoms with Gasteiger partial charge in [0.05, 0.1) is 4.92 Å². The highest BCUT2D eigenvalue weighted by atomic mass is 35.5. The third kappa shape index (κ3) is 4.52. The van der Waals surface area contributed by atoms with Crippen LogP contribution in [0.3, 0.4) is 0 Å². The van der Waals surface area contributed by atoms with Crippen LogP contribution in [0.5, 0.6) is 0 Å². The van der Waals surface area contributed by atoms with Crippen molar-refractivity contribution < 1.29 is 14.5 Å². The Morgan fingerprint density at radius 3 is 2.35 bits per heavy atom. The van der Waals surface area contributed by atoms with Gasteiger partial charge in [0, 0.05) is 17.6 Å². The van der Waals surface area contributed by atoms with E-state index in [1.165, 1.54) is 24.3 Å². The van der Waals surface area contributed by atoms with Gasteiger partial charge in [-0.25, -0.2) is 0 Å². The molecule has 0 saturated carbocycles. The summed E-state index contributed by atoms with van der Waals surface area (Å²) < 4.78 is 0. The number of hydrogen-bond acceptors (Lipinski definition) is 4. The van der Waals surface area contributed by atoms with Crippen molar-refractivity contribution in [2.24, 2.45) is 0 Å². The molecule has 0 fully saturated rings. The predicted octanol–water partition coefficient (Wildman–Crippen LogP) is 2.50. The van der Waals surface area contributed by atoms with Crippen molar-refractivity contribution in [3.05, 3.63) is 69.2 Å². The van der Waals surface area contributed by atoms with E-state index in [2.05, 4.69) is 10.6 Å². The zero-order valence-electron chi connectivity index (χ0n) is 11.8. The SMILES string of the molecule is O=C(NCc1ccc(Cl)cc1)C(=O)Nc1ccccc1[N+](=O)[O-]. The Labute approximate surface area is 136 Å². The molecule has 0 unspecified atom stereocenters. The summed E-state index contributed by atoms with van der Waals surface area (Å²) in [5.41, 5.74) is 0.441. The molecule has 0 bridgehead atoms. The number of benzene rings is 2. The van der Waals surface area contributed by atoms with E-state index in [0.717, 1.165) is 5.56 Å². The molecule has 0 saturated heterocycles. The number of para-hydroxylation sites is 2. The fourth-order valence-electron chi connectivity index (χ4n) is 1.78. The number of anilines is 1. The Balaban J connectivity index is 1.96. The summed E-state index contributed by atoms with van der Waals surface area (Å²) in [7, 11) is 0. The molecule has 0 aliphatic rings. The monoisotopic (exact) mass is 333 g/mol. The molecular weight excluding hydrogens is 322 g/mol. The molecule has 2 rings (SSSR count). The second kappa shape index (κ2) is 7.37. The first-order valence-electron chi connectivity index (χ1n) is 6.54. The van der Waals surface area contributed by atoms with Gasteiger partial charge in [0.25, 0.3) is 5.69 Å². The van der Waals surface area contributed by atoms with Crippen LogP contribution in [0, 0.1) is 10.1 Å². The summed E-state index contributed by atoms with van der Waals surface area (Å²) in [6.45, 7) is 0.139. The summed E-state index contributed by atoms with van der Waals surface area (Å²) in [6, 6.07) is 12.3. The number of hydrogen-bond donors (Lipinski definition) is 2. The van der Waals surface area contributed by atoms with Gasteiger partial charge < -0.3 is 10.6 Å². The fourth-order valence-corrected chi connectivity index (χ4v) is 1.91. The number of nitro benzene ring substituents is 1. The van der Waals surface area contributed by atoms with Crippen molar-refractivity contribution in [1.82, 2.24) is 5.32 Å². The molecule has 118 valence electrons. The molecule has 0 aliphatic carbocycles. The molecule has 23 heavy (non-hydrogen) atoms. The minimum atomic E-state index is -0.978. The molecular formula is C15H12ClN3O4. The second-order valence-corrected chi connectivity index (χ2v) is 4.97. The van der Waals surface area contributed by atoms with Crippen molar-refractivity contribution in [3.8, 4) is 0 Å². The van der Waals surface area contributed by atoms with Gasteiger partial charge in [0.15, 0.2) is 0 Å². The van der Waals surface area contributed by atoms with Crippen LogP contribution in [-0.2, 0) is 16.1 Å². The first-order valence-corrected chi connectivity index (χ1v) is 6.92. The molecule has 0 radical (unpaired) electrons. The number of nitrogens with one attached hydrogen (secondary N) is 2. The first-order chi connectivity index (χ1) is 11.0. The molecule has 0 spiro atoms. The zero-order valence-corrected chi connectivity index (χ0v) is 12.5. The van der Waals surface area contributed by atoms with E-state index in [0.29, 0.717) is 5.02 Å². The standard InChI is InChI=1S/C15H12ClN3O4/c16-11-7-5-10(6-8-11)9-17-14(20)15(21)18-12-3-1-2-4-13(12)19(22)23/h1-8H,9H2,(H,17,20)(H,18,21). The number of rotatable bonds is 4. The Bertz CT molecular complexity index is 747. The Hall–Kier alpha value is -2.93. The van der Waals surface area contributed by atoms with Gasteiger partial charge in [0.2, 0.25) is 0 Å². The smallest absolute Gasteiger partial charge is 0.313 e. The summed E-state index contributed by atoms with van der Waals surface area (Å²) >= 11 is 5.75. The van der Waals surface area contributed by atoms with Crippen molar-refractivity contribution in [2.75, 3.05) is 5.32 Å².